The van der Waals surface area contributed by atoms with Crippen LogP contribution in [0.4, 0.5) is 4.79 Å². The molecule has 7 nitrogen and oxygen atoms in total. The highest BCUT2D eigenvalue weighted by Crippen LogP contribution is 2.44. The number of rotatable bonds is 6. The Bertz CT molecular complexity index is 940. The van der Waals surface area contributed by atoms with E-state index >= 15 is 0 Å². The van der Waals surface area contributed by atoms with Crippen LogP contribution >= 0.6 is 0 Å². The molecule has 0 spiro atoms. The summed E-state index contributed by atoms with van der Waals surface area (Å²) in [5, 5.41) is 11.7. The van der Waals surface area contributed by atoms with Gasteiger partial charge in [-0.05, 0) is 43.0 Å². The average Bonchev–Trinajstić information content (AvgIpc) is 3.04. The van der Waals surface area contributed by atoms with E-state index in [1.54, 1.807) is 0 Å². The highest BCUT2D eigenvalue weighted by atomic mass is 16.5. The molecule has 3 rings (SSSR count). The molecule has 0 aliphatic heterocycles. The van der Waals surface area contributed by atoms with Gasteiger partial charge in [-0.2, -0.15) is 0 Å². The summed E-state index contributed by atoms with van der Waals surface area (Å²) in [5.74, 6) is -1.73. The lowest BCUT2D eigenvalue weighted by Gasteiger charge is -2.32. The number of fused-ring (bicyclic) bond motifs is 3. The highest BCUT2D eigenvalue weighted by Gasteiger charge is 2.36. The molecule has 1 atom stereocenters. The summed E-state index contributed by atoms with van der Waals surface area (Å²) in [4.78, 5) is 37.3. The first-order chi connectivity index (χ1) is 14.1. The van der Waals surface area contributed by atoms with Crippen molar-refractivity contribution in [3.8, 4) is 11.1 Å². The maximum Gasteiger partial charge on any atom is 0.408 e. The van der Waals surface area contributed by atoms with Crippen molar-refractivity contribution in [2.45, 2.75) is 38.3 Å². The van der Waals surface area contributed by atoms with E-state index in [1.165, 1.54) is 27.8 Å². The van der Waals surface area contributed by atoms with Crippen LogP contribution in [-0.2, 0) is 14.3 Å². The molecule has 0 bridgehead atoms. The Labute approximate surface area is 175 Å². The van der Waals surface area contributed by atoms with E-state index in [0.717, 1.165) is 27.2 Å². The second-order valence-corrected chi connectivity index (χ2v) is 8.01. The zero-order chi connectivity index (χ0) is 22.1. The van der Waals surface area contributed by atoms with Crippen LogP contribution in [0.3, 0.4) is 0 Å². The molecular weight excluding hydrogens is 384 g/mol. The smallest absolute Gasteiger partial charge is 0.408 e. The average molecular weight is 410 g/mol. The monoisotopic (exact) mass is 410 g/mol. The zero-order valence-corrected chi connectivity index (χ0v) is 17.5. The van der Waals surface area contributed by atoms with E-state index < -0.39 is 29.6 Å². The largest absolute Gasteiger partial charge is 0.480 e. The van der Waals surface area contributed by atoms with E-state index in [0.29, 0.717) is 0 Å². The number of carbonyl (C=O) groups excluding carboxylic acids is 2. The molecule has 0 heterocycles. The number of carboxylic acids is 1. The lowest BCUT2D eigenvalue weighted by molar-refractivity contribution is -0.150. The summed E-state index contributed by atoms with van der Waals surface area (Å²) in [7, 11) is 1.39. The molecule has 0 saturated heterocycles. The van der Waals surface area contributed by atoms with E-state index in [-0.39, 0.29) is 12.5 Å². The highest BCUT2D eigenvalue weighted by molar-refractivity contribution is 5.91. The molecule has 0 fully saturated rings. The number of hydrogen-bond acceptors (Lipinski definition) is 4. The standard InChI is InChI=1S/C23H26N2O5/c1-14(20(26)27)25(4)21(28)23(2,3)24-22(29)30-13-19-17-11-7-5-9-15(17)16-10-6-8-12-18(16)19/h5-12,14,19H,13H2,1-4H3,(H,24,29)(H,26,27). The molecule has 0 saturated carbocycles. The van der Waals surface area contributed by atoms with Crippen LogP contribution in [0.25, 0.3) is 11.1 Å². The number of nitrogens with one attached hydrogen (secondary N) is 1. The van der Waals surface area contributed by atoms with Gasteiger partial charge in [0.2, 0.25) is 5.91 Å². The quantitative estimate of drug-likeness (QED) is 0.762. The molecule has 7 heteroatoms. The van der Waals surface area contributed by atoms with Gasteiger partial charge in [-0.3, -0.25) is 4.79 Å². The number of likely N-dealkylation sites (N-methyl/N-ethyl adjacent to an activating group) is 1. The Balaban J connectivity index is 1.68. The zero-order valence-electron chi connectivity index (χ0n) is 17.5. The van der Waals surface area contributed by atoms with Crippen molar-refractivity contribution in [1.29, 1.82) is 0 Å². The van der Waals surface area contributed by atoms with E-state index in [9.17, 15) is 14.4 Å². The number of carbonyl (C=O) groups is 3. The summed E-state index contributed by atoms with van der Waals surface area (Å²) < 4.78 is 5.48. The van der Waals surface area contributed by atoms with Gasteiger partial charge < -0.3 is 20.1 Å². The molecule has 0 radical (unpaired) electrons. The molecule has 2 aromatic carbocycles. The van der Waals surface area contributed by atoms with Gasteiger partial charge in [0.25, 0.3) is 0 Å². The first-order valence-corrected chi connectivity index (χ1v) is 9.76. The van der Waals surface area contributed by atoms with Crippen molar-refractivity contribution in [3.63, 3.8) is 0 Å². The van der Waals surface area contributed by atoms with Gasteiger partial charge in [-0.1, -0.05) is 48.5 Å². The summed E-state index contributed by atoms with van der Waals surface area (Å²) >= 11 is 0. The molecule has 1 aliphatic rings. The normalized spacial score (nSPS) is 13.7. The van der Waals surface area contributed by atoms with Crippen molar-refractivity contribution in [2.75, 3.05) is 13.7 Å². The number of nitrogens with zero attached hydrogens (tertiary/aromatic N) is 1. The van der Waals surface area contributed by atoms with Crippen molar-refractivity contribution in [1.82, 2.24) is 10.2 Å². The predicted molar refractivity (Wildman–Crippen MR) is 112 cm³/mol. The Morgan fingerprint density at radius 1 is 1.07 bits per heavy atom. The fourth-order valence-electron chi connectivity index (χ4n) is 3.73. The molecular formula is C23H26N2O5. The van der Waals surface area contributed by atoms with Gasteiger partial charge in [0.05, 0.1) is 0 Å². The van der Waals surface area contributed by atoms with Crippen molar-refractivity contribution >= 4 is 18.0 Å². The third-order valence-electron chi connectivity index (χ3n) is 5.55. The molecule has 2 aromatic rings. The van der Waals surface area contributed by atoms with E-state index in [1.807, 2.05) is 36.4 Å². The molecule has 2 amide bonds. The van der Waals surface area contributed by atoms with Gasteiger partial charge in [0, 0.05) is 13.0 Å². The molecule has 0 aromatic heterocycles. The van der Waals surface area contributed by atoms with Crippen LogP contribution in [0.5, 0.6) is 0 Å². The molecule has 1 unspecified atom stereocenters. The Kier molecular flexibility index (Phi) is 5.82. The van der Waals surface area contributed by atoms with Crippen molar-refractivity contribution in [2.24, 2.45) is 0 Å². The predicted octanol–water partition coefficient (Wildman–Crippen LogP) is 3.24. The van der Waals surface area contributed by atoms with Crippen LogP contribution in [0.1, 0.15) is 37.8 Å². The molecule has 1 aliphatic carbocycles. The number of alkyl carbamates (subject to hydrolysis) is 1. The number of benzene rings is 2. The summed E-state index contributed by atoms with van der Waals surface area (Å²) in [6.45, 7) is 4.57. The number of amides is 2. The van der Waals surface area contributed by atoms with Gasteiger partial charge >= 0.3 is 12.1 Å². The minimum atomic E-state index is -1.32. The van der Waals surface area contributed by atoms with Gasteiger partial charge in [-0.25, -0.2) is 9.59 Å². The second-order valence-electron chi connectivity index (χ2n) is 8.01. The van der Waals surface area contributed by atoms with E-state index in [2.05, 4.69) is 17.4 Å². The first kappa shape index (κ1) is 21.4. The topological polar surface area (TPSA) is 95.9 Å². The third-order valence-corrected chi connectivity index (χ3v) is 5.55. The fraction of sp³-hybridized carbons (Fsp3) is 0.348. The Hall–Kier alpha value is -3.35. The number of ether oxygens (including phenoxy) is 1. The molecule has 158 valence electrons. The SMILES string of the molecule is CC(C(=O)O)N(C)C(=O)C(C)(C)NC(=O)OCC1c2ccccc2-c2ccccc21. The van der Waals surface area contributed by atoms with Crippen LogP contribution in [0.15, 0.2) is 48.5 Å². The molecule has 2 N–H and O–H groups in total. The van der Waals surface area contributed by atoms with E-state index in [4.69, 9.17) is 9.84 Å². The number of hydrogen-bond donors (Lipinski definition) is 2. The van der Waals surface area contributed by atoms with Crippen LogP contribution in [0, 0.1) is 0 Å². The maximum atomic E-state index is 12.6. The van der Waals surface area contributed by atoms with Crippen molar-refractivity contribution < 1.29 is 24.2 Å². The lowest BCUT2D eigenvalue weighted by atomic mass is 9.98. The van der Waals surface area contributed by atoms with Gasteiger partial charge in [0.15, 0.2) is 0 Å². The Morgan fingerprint density at radius 3 is 2.07 bits per heavy atom. The summed E-state index contributed by atoms with van der Waals surface area (Å²) in [6.07, 6.45) is -0.730. The third kappa shape index (κ3) is 4.01. The van der Waals surface area contributed by atoms with Crippen LogP contribution < -0.4 is 5.32 Å². The lowest BCUT2D eigenvalue weighted by Crippen LogP contribution is -2.57. The summed E-state index contributed by atoms with van der Waals surface area (Å²) in [5.41, 5.74) is 3.12. The van der Waals surface area contributed by atoms with Crippen LogP contribution in [0.2, 0.25) is 0 Å². The van der Waals surface area contributed by atoms with Gasteiger partial charge in [0.1, 0.15) is 18.2 Å². The Morgan fingerprint density at radius 2 is 1.57 bits per heavy atom. The maximum absolute atomic E-state index is 12.6. The summed E-state index contributed by atoms with van der Waals surface area (Å²) in [6, 6.07) is 15.0. The molecule has 30 heavy (non-hydrogen) atoms. The van der Waals surface area contributed by atoms with Crippen LogP contribution in [-0.4, -0.2) is 53.2 Å². The number of carboxylic acid groups (broad SMARTS) is 1. The second kappa shape index (κ2) is 8.18. The van der Waals surface area contributed by atoms with Gasteiger partial charge in [-0.15, -0.1) is 0 Å². The fourth-order valence-corrected chi connectivity index (χ4v) is 3.73. The number of aliphatic carboxylic acids is 1. The first-order valence-electron chi connectivity index (χ1n) is 9.76. The minimum Gasteiger partial charge on any atom is -0.480 e. The minimum absolute atomic E-state index is 0.0864. The van der Waals surface area contributed by atoms with Crippen molar-refractivity contribution in [3.05, 3.63) is 59.7 Å².